The number of rotatable bonds is 3. The van der Waals surface area contributed by atoms with E-state index in [1.54, 1.807) is 36.7 Å². The number of nitrogens with zero attached hydrogens (tertiary/aromatic N) is 3. The SMILES string of the molecule is O=[N+]([O-])c1ccc(C=Cc2ccnnc2)cc1Cl. The van der Waals surface area contributed by atoms with E-state index in [-0.39, 0.29) is 10.7 Å². The van der Waals surface area contributed by atoms with E-state index in [0.29, 0.717) is 0 Å². The Kier molecular flexibility index (Phi) is 3.64. The molecule has 0 bridgehead atoms. The monoisotopic (exact) mass is 261 g/mol. The van der Waals surface area contributed by atoms with E-state index < -0.39 is 4.92 Å². The van der Waals surface area contributed by atoms with Gasteiger partial charge < -0.3 is 0 Å². The number of hydrogen-bond acceptors (Lipinski definition) is 4. The lowest BCUT2D eigenvalue weighted by Crippen LogP contribution is -1.88. The smallest absolute Gasteiger partial charge is 0.258 e. The van der Waals surface area contributed by atoms with Crippen LogP contribution in [0.1, 0.15) is 11.1 Å². The van der Waals surface area contributed by atoms with Crippen molar-refractivity contribution in [1.29, 1.82) is 0 Å². The van der Waals surface area contributed by atoms with Crippen molar-refractivity contribution in [2.24, 2.45) is 0 Å². The van der Waals surface area contributed by atoms with Crippen molar-refractivity contribution in [1.82, 2.24) is 10.2 Å². The zero-order valence-electron chi connectivity index (χ0n) is 9.15. The summed E-state index contributed by atoms with van der Waals surface area (Å²) in [5.41, 5.74) is 1.57. The number of benzene rings is 1. The molecule has 0 unspecified atom stereocenters. The van der Waals surface area contributed by atoms with Crippen molar-refractivity contribution in [2.45, 2.75) is 0 Å². The van der Waals surface area contributed by atoms with Crippen LogP contribution >= 0.6 is 11.6 Å². The first-order valence-corrected chi connectivity index (χ1v) is 5.43. The first kappa shape index (κ1) is 12.2. The number of aromatic nitrogens is 2. The van der Waals surface area contributed by atoms with Gasteiger partial charge in [0.05, 0.1) is 17.3 Å². The third kappa shape index (κ3) is 2.89. The molecule has 1 aromatic heterocycles. The second-order valence-electron chi connectivity index (χ2n) is 3.48. The maximum Gasteiger partial charge on any atom is 0.287 e. The van der Waals surface area contributed by atoms with Gasteiger partial charge in [-0.2, -0.15) is 10.2 Å². The summed E-state index contributed by atoms with van der Waals surface area (Å²) >= 11 is 5.81. The van der Waals surface area contributed by atoms with Crippen LogP contribution in [-0.4, -0.2) is 15.1 Å². The summed E-state index contributed by atoms with van der Waals surface area (Å²) in [5, 5.41) is 18.1. The molecule has 2 aromatic rings. The minimum atomic E-state index is -0.511. The summed E-state index contributed by atoms with van der Waals surface area (Å²) in [5.74, 6) is 0. The van der Waals surface area contributed by atoms with Crippen molar-refractivity contribution in [2.75, 3.05) is 0 Å². The van der Waals surface area contributed by atoms with Crippen LogP contribution in [0.5, 0.6) is 0 Å². The molecule has 90 valence electrons. The van der Waals surface area contributed by atoms with Gasteiger partial charge in [0.2, 0.25) is 0 Å². The topological polar surface area (TPSA) is 68.9 Å². The third-order valence-electron chi connectivity index (χ3n) is 2.24. The summed E-state index contributed by atoms with van der Waals surface area (Å²) in [6, 6.07) is 6.36. The zero-order chi connectivity index (χ0) is 13.0. The van der Waals surface area contributed by atoms with Gasteiger partial charge in [-0.1, -0.05) is 23.8 Å². The predicted molar refractivity (Wildman–Crippen MR) is 69.1 cm³/mol. The molecule has 0 amide bonds. The van der Waals surface area contributed by atoms with Crippen LogP contribution in [0.25, 0.3) is 12.2 Å². The van der Waals surface area contributed by atoms with Crippen LogP contribution in [0.15, 0.2) is 36.7 Å². The summed E-state index contributed by atoms with van der Waals surface area (Å²) in [6.45, 7) is 0. The Labute approximate surface area is 108 Å². The van der Waals surface area contributed by atoms with Crippen molar-refractivity contribution in [3.63, 3.8) is 0 Å². The number of nitro benzene ring substituents is 1. The van der Waals surface area contributed by atoms with E-state index in [2.05, 4.69) is 10.2 Å². The highest BCUT2D eigenvalue weighted by atomic mass is 35.5. The Hall–Kier alpha value is -2.27. The van der Waals surface area contributed by atoms with Gasteiger partial charge >= 0.3 is 0 Å². The summed E-state index contributed by atoms with van der Waals surface area (Å²) < 4.78 is 0. The second-order valence-corrected chi connectivity index (χ2v) is 3.88. The van der Waals surface area contributed by atoms with Crippen LogP contribution in [0.2, 0.25) is 5.02 Å². The van der Waals surface area contributed by atoms with Gasteiger partial charge in [-0.3, -0.25) is 10.1 Å². The molecule has 0 spiro atoms. The molecule has 0 aliphatic rings. The highest BCUT2D eigenvalue weighted by molar-refractivity contribution is 6.32. The fraction of sp³-hybridized carbons (Fsp3) is 0. The average molecular weight is 262 g/mol. The quantitative estimate of drug-likeness (QED) is 0.628. The Morgan fingerprint density at radius 2 is 1.94 bits per heavy atom. The minimum Gasteiger partial charge on any atom is -0.258 e. The maximum absolute atomic E-state index is 10.6. The molecule has 6 heteroatoms. The standard InChI is InChI=1S/C12H8ClN3O2/c13-11-7-9(3-4-12(11)16(17)18)1-2-10-5-6-14-15-8-10/h1-8H. The first-order valence-electron chi connectivity index (χ1n) is 5.05. The normalized spacial score (nSPS) is 10.7. The minimum absolute atomic E-state index is 0.0978. The van der Waals surface area contributed by atoms with Gasteiger partial charge in [0.15, 0.2) is 0 Å². The Morgan fingerprint density at radius 1 is 1.17 bits per heavy atom. The van der Waals surface area contributed by atoms with Gasteiger partial charge in [-0.15, -0.1) is 0 Å². The van der Waals surface area contributed by atoms with Crippen LogP contribution < -0.4 is 0 Å². The van der Waals surface area contributed by atoms with E-state index in [9.17, 15) is 10.1 Å². The average Bonchev–Trinajstić information content (AvgIpc) is 2.37. The van der Waals surface area contributed by atoms with Crippen molar-refractivity contribution in [3.05, 3.63) is 62.9 Å². The van der Waals surface area contributed by atoms with Gasteiger partial charge in [0.1, 0.15) is 5.02 Å². The van der Waals surface area contributed by atoms with Gasteiger partial charge in [-0.25, -0.2) is 0 Å². The van der Waals surface area contributed by atoms with Crippen molar-refractivity contribution >= 4 is 29.4 Å². The lowest BCUT2D eigenvalue weighted by atomic mass is 10.1. The lowest BCUT2D eigenvalue weighted by molar-refractivity contribution is -0.384. The number of halogens is 1. The zero-order valence-corrected chi connectivity index (χ0v) is 9.91. The summed E-state index contributed by atoms with van der Waals surface area (Å²) in [6.07, 6.45) is 6.82. The van der Waals surface area contributed by atoms with Crippen LogP contribution in [0.4, 0.5) is 5.69 Å². The molecule has 5 nitrogen and oxygen atoms in total. The van der Waals surface area contributed by atoms with E-state index in [1.807, 2.05) is 6.08 Å². The Balaban J connectivity index is 2.23. The fourth-order valence-electron chi connectivity index (χ4n) is 1.37. The summed E-state index contributed by atoms with van der Waals surface area (Å²) in [4.78, 5) is 10.1. The second kappa shape index (κ2) is 5.37. The van der Waals surface area contributed by atoms with Crippen LogP contribution in [0.3, 0.4) is 0 Å². The molecule has 18 heavy (non-hydrogen) atoms. The Bertz CT molecular complexity index is 600. The highest BCUT2D eigenvalue weighted by Gasteiger charge is 2.10. The molecule has 0 atom stereocenters. The lowest BCUT2D eigenvalue weighted by Gasteiger charge is -1.97. The molecule has 0 aliphatic heterocycles. The van der Waals surface area contributed by atoms with Crippen molar-refractivity contribution < 1.29 is 4.92 Å². The number of nitro groups is 1. The van der Waals surface area contributed by atoms with E-state index in [4.69, 9.17) is 11.6 Å². The predicted octanol–water partition coefficient (Wildman–Crippen LogP) is 3.21. The van der Waals surface area contributed by atoms with E-state index >= 15 is 0 Å². The molecule has 1 heterocycles. The van der Waals surface area contributed by atoms with Gasteiger partial charge in [0, 0.05) is 6.07 Å². The molecule has 0 saturated carbocycles. The van der Waals surface area contributed by atoms with Crippen LogP contribution in [-0.2, 0) is 0 Å². The highest BCUT2D eigenvalue weighted by Crippen LogP contribution is 2.25. The molecule has 0 N–H and O–H groups in total. The van der Waals surface area contributed by atoms with E-state index in [0.717, 1.165) is 11.1 Å². The molecule has 2 rings (SSSR count). The van der Waals surface area contributed by atoms with Crippen molar-refractivity contribution in [3.8, 4) is 0 Å². The third-order valence-corrected chi connectivity index (χ3v) is 2.55. The molecule has 0 fully saturated rings. The molecule has 0 saturated heterocycles. The molecule has 0 aliphatic carbocycles. The van der Waals surface area contributed by atoms with Gasteiger partial charge in [-0.05, 0) is 29.3 Å². The fourth-order valence-corrected chi connectivity index (χ4v) is 1.62. The molecular weight excluding hydrogens is 254 g/mol. The van der Waals surface area contributed by atoms with Crippen LogP contribution in [0, 0.1) is 10.1 Å². The molecule has 0 radical (unpaired) electrons. The maximum atomic E-state index is 10.6. The summed E-state index contributed by atoms with van der Waals surface area (Å²) in [7, 11) is 0. The first-order chi connectivity index (χ1) is 8.66. The molecule has 1 aromatic carbocycles. The van der Waals surface area contributed by atoms with E-state index in [1.165, 1.54) is 6.07 Å². The molecular formula is C12H8ClN3O2. The van der Waals surface area contributed by atoms with Gasteiger partial charge in [0.25, 0.3) is 5.69 Å². The largest absolute Gasteiger partial charge is 0.287 e. The number of hydrogen-bond donors (Lipinski definition) is 0. The Morgan fingerprint density at radius 3 is 2.56 bits per heavy atom.